The third-order valence-electron chi connectivity index (χ3n) is 4.72. The number of H-pyrrole nitrogens is 1. The number of aromatic amines is 1. The molecule has 26 heavy (non-hydrogen) atoms. The van der Waals surface area contributed by atoms with E-state index in [-0.39, 0.29) is 5.56 Å². The minimum Gasteiger partial charge on any atom is -0.364 e. The molecule has 1 N–H and O–H groups in total. The number of halogens is 2. The van der Waals surface area contributed by atoms with E-state index in [1.807, 2.05) is 19.1 Å². The summed E-state index contributed by atoms with van der Waals surface area (Å²) in [6.07, 6.45) is 0.745. The van der Waals surface area contributed by atoms with Crippen LogP contribution >= 0.6 is 0 Å². The lowest BCUT2D eigenvalue weighted by Crippen LogP contribution is -2.30. The van der Waals surface area contributed by atoms with Crippen LogP contribution in [0.25, 0.3) is 16.1 Å². The van der Waals surface area contributed by atoms with Crippen LogP contribution in [0.4, 0.5) is 20.3 Å². The van der Waals surface area contributed by atoms with Crippen molar-refractivity contribution in [3.63, 3.8) is 0 Å². The molecule has 0 unspecified atom stereocenters. The maximum Gasteiger partial charge on any atom is 0.269 e. The van der Waals surface area contributed by atoms with Crippen molar-refractivity contribution in [2.75, 3.05) is 11.4 Å². The van der Waals surface area contributed by atoms with Crippen LogP contribution in [0.2, 0.25) is 0 Å². The van der Waals surface area contributed by atoms with Gasteiger partial charge in [-0.1, -0.05) is 12.6 Å². The molecule has 4 nitrogen and oxygen atoms in total. The standard InChI is InChI=1S/C20H16F2N4/c1-12-18(6-7-19(23-2)24-12)26-9-8-16-13(11-26)10-17(25-16)20-14(21)4-3-5-15(20)22/h3-7,10,25H,8-9,11H2,1H3. The van der Waals surface area contributed by atoms with E-state index >= 15 is 0 Å². The lowest BCUT2D eigenvalue weighted by molar-refractivity contribution is 0.589. The first-order valence-electron chi connectivity index (χ1n) is 8.32. The lowest BCUT2D eigenvalue weighted by Gasteiger charge is -2.29. The van der Waals surface area contributed by atoms with Gasteiger partial charge in [-0.25, -0.2) is 8.78 Å². The second kappa shape index (κ2) is 6.26. The van der Waals surface area contributed by atoms with Crippen molar-refractivity contribution in [3.05, 3.63) is 76.4 Å². The molecule has 2 aromatic heterocycles. The fourth-order valence-electron chi connectivity index (χ4n) is 3.47. The van der Waals surface area contributed by atoms with Gasteiger partial charge in [-0.3, -0.25) is 0 Å². The minimum absolute atomic E-state index is 0.0206. The largest absolute Gasteiger partial charge is 0.364 e. The van der Waals surface area contributed by atoms with Gasteiger partial charge in [0.05, 0.1) is 16.9 Å². The van der Waals surface area contributed by atoms with Gasteiger partial charge in [0, 0.05) is 32.1 Å². The van der Waals surface area contributed by atoms with E-state index in [0.29, 0.717) is 18.1 Å². The zero-order valence-corrected chi connectivity index (χ0v) is 14.2. The van der Waals surface area contributed by atoms with Crippen molar-refractivity contribution >= 4 is 11.5 Å². The quantitative estimate of drug-likeness (QED) is 0.676. The van der Waals surface area contributed by atoms with Crippen LogP contribution in [-0.2, 0) is 13.0 Å². The highest BCUT2D eigenvalue weighted by molar-refractivity contribution is 5.64. The van der Waals surface area contributed by atoms with Gasteiger partial charge in [0.25, 0.3) is 5.82 Å². The predicted molar refractivity (Wildman–Crippen MR) is 96.1 cm³/mol. The number of benzene rings is 1. The summed E-state index contributed by atoms with van der Waals surface area (Å²) in [7, 11) is 0. The molecule has 0 fully saturated rings. The first-order valence-corrected chi connectivity index (χ1v) is 8.32. The Kier molecular flexibility index (Phi) is 3.92. The molecule has 6 heteroatoms. The number of nitrogens with zero attached hydrogens (tertiary/aromatic N) is 3. The topological polar surface area (TPSA) is 36.3 Å². The Balaban J connectivity index is 1.66. The molecule has 130 valence electrons. The predicted octanol–water partition coefficient (Wildman–Crippen LogP) is 4.78. The van der Waals surface area contributed by atoms with E-state index in [0.717, 1.165) is 35.6 Å². The van der Waals surface area contributed by atoms with Crippen LogP contribution in [0.5, 0.6) is 0 Å². The molecule has 0 amide bonds. The Bertz CT molecular complexity index is 1010. The van der Waals surface area contributed by atoms with Crippen LogP contribution in [0.3, 0.4) is 0 Å². The third-order valence-corrected chi connectivity index (χ3v) is 4.72. The Morgan fingerprint density at radius 1 is 1.19 bits per heavy atom. The second-order valence-electron chi connectivity index (χ2n) is 6.34. The summed E-state index contributed by atoms with van der Waals surface area (Å²) >= 11 is 0. The first kappa shape index (κ1) is 16.3. The summed E-state index contributed by atoms with van der Waals surface area (Å²) in [4.78, 5) is 13.0. The number of aryl methyl sites for hydroxylation is 1. The van der Waals surface area contributed by atoms with Gasteiger partial charge in [-0.05, 0) is 35.9 Å². The number of aromatic nitrogens is 2. The van der Waals surface area contributed by atoms with Crippen LogP contribution in [0.15, 0.2) is 36.4 Å². The fourth-order valence-corrected chi connectivity index (χ4v) is 3.47. The average molecular weight is 350 g/mol. The van der Waals surface area contributed by atoms with Gasteiger partial charge in [0.1, 0.15) is 11.6 Å². The van der Waals surface area contributed by atoms with Gasteiger partial charge >= 0.3 is 0 Å². The average Bonchev–Trinajstić information content (AvgIpc) is 3.04. The molecule has 0 spiro atoms. The van der Waals surface area contributed by atoms with Gasteiger partial charge in [-0.15, -0.1) is 4.98 Å². The number of hydrogen-bond acceptors (Lipinski definition) is 2. The molecule has 0 radical (unpaired) electrons. The van der Waals surface area contributed by atoms with Crippen molar-refractivity contribution in [2.45, 2.75) is 19.9 Å². The monoisotopic (exact) mass is 350 g/mol. The molecular weight excluding hydrogens is 334 g/mol. The number of anilines is 1. The van der Waals surface area contributed by atoms with E-state index in [2.05, 4.69) is 19.7 Å². The number of nitrogens with one attached hydrogen (secondary N) is 1. The maximum atomic E-state index is 14.1. The van der Waals surface area contributed by atoms with Gasteiger partial charge < -0.3 is 14.7 Å². The lowest BCUT2D eigenvalue weighted by atomic mass is 10.1. The minimum atomic E-state index is -0.574. The normalized spacial score (nSPS) is 13.4. The van der Waals surface area contributed by atoms with Crippen molar-refractivity contribution < 1.29 is 8.78 Å². The fraction of sp³-hybridized carbons (Fsp3) is 0.200. The van der Waals surface area contributed by atoms with Crippen molar-refractivity contribution in [1.82, 2.24) is 9.97 Å². The maximum absolute atomic E-state index is 14.1. The molecule has 0 bridgehead atoms. The Labute approximate surface area is 149 Å². The first-order chi connectivity index (χ1) is 12.6. The van der Waals surface area contributed by atoms with Crippen LogP contribution < -0.4 is 4.90 Å². The zero-order valence-electron chi connectivity index (χ0n) is 14.2. The summed E-state index contributed by atoms with van der Waals surface area (Å²) in [6.45, 7) is 10.3. The molecule has 0 saturated carbocycles. The smallest absolute Gasteiger partial charge is 0.269 e. The highest BCUT2D eigenvalue weighted by Crippen LogP contribution is 2.32. The van der Waals surface area contributed by atoms with Crippen LogP contribution in [-0.4, -0.2) is 16.5 Å². The number of pyridine rings is 1. The zero-order chi connectivity index (χ0) is 18.3. The molecule has 4 rings (SSSR count). The molecule has 1 aliphatic rings. The molecular formula is C20H16F2N4. The van der Waals surface area contributed by atoms with Gasteiger partial charge in [-0.2, -0.15) is 0 Å². The van der Waals surface area contributed by atoms with Crippen molar-refractivity contribution in [2.24, 2.45) is 0 Å². The van der Waals surface area contributed by atoms with E-state index in [9.17, 15) is 8.78 Å². The SMILES string of the molecule is [C-]#[N+]c1ccc(N2CCc3[nH]c(-c4c(F)cccc4F)cc3C2)c(C)n1. The molecule has 0 atom stereocenters. The van der Waals surface area contributed by atoms with E-state index in [1.165, 1.54) is 18.2 Å². The highest BCUT2D eigenvalue weighted by atomic mass is 19.1. The summed E-state index contributed by atoms with van der Waals surface area (Å²) in [5.41, 5.74) is 4.24. The van der Waals surface area contributed by atoms with Crippen molar-refractivity contribution in [1.29, 1.82) is 0 Å². The summed E-state index contributed by atoms with van der Waals surface area (Å²) in [5, 5.41) is 0. The Hall–Kier alpha value is -3.20. The summed E-state index contributed by atoms with van der Waals surface area (Å²) in [6, 6.07) is 9.32. The Morgan fingerprint density at radius 3 is 2.65 bits per heavy atom. The molecule has 1 aromatic carbocycles. The number of fused-ring (bicyclic) bond motifs is 1. The second-order valence-corrected chi connectivity index (χ2v) is 6.34. The van der Waals surface area contributed by atoms with Crippen molar-refractivity contribution in [3.8, 4) is 11.3 Å². The van der Waals surface area contributed by atoms with E-state index in [4.69, 9.17) is 6.57 Å². The van der Waals surface area contributed by atoms with Crippen LogP contribution in [0, 0.1) is 25.1 Å². The van der Waals surface area contributed by atoms with E-state index < -0.39 is 11.6 Å². The summed E-state index contributed by atoms with van der Waals surface area (Å²) in [5.74, 6) is -0.770. The van der Waals surface area contributed by atoms with E-state index in [1.54, 1.807) is 6.07 Å². The van der Waals surface area contributed by atoms with Gasteiger partial charge in [0.2, 0.25) is 0 Å². The molecule has 1 aliphatic heterocycles. The molecule has 3 aromatic rings. The third kappa shape index (κ3) is 2.72. The Morgan fingerprint density at radius 2 is 1.96 bits per heavy atom. The highest BCUT2D eigenvalue weighted by Gasteiger charge is 2.23. The van der Waals surface area contributed by atoms with Crippen LogP contribution in [0.1, 0.15) is 17.0 Å². The molecule has 0 aliphatic carbocycles. The molecule has 0 saturated heterocycles. The number of rotatable bonds is 2. The molecule has 3 heterocycles. The van der Waals surface area contributed by atoms with Gasteiger partial charge in [0.15, 0.2) is 5.69 Å². The number of hydrogen-bond donors (Lipinski definition) is 1. The summed E-state index contributed by atoms with van der Waals surface area (Å²) < 4.78 is 28.1.